The Hall–Kier alpha value is -2.95. The van der Waals surface area contributed by atoms with Crippen LogP contribution in [-0.4, -0.2) is 11.1 Å². The highest BCUT2D eigenvalue weighted by Gasteiger charge is 2.10. The Bertz CT molecular complexity index is 823. The van der Waals surface area contributed by atoms with E-state index in [0.717, 1.165) is 11.1 Å². The Balaban J connectivity index is 1.57. The Morgan fingerprint density at radius 3 is 2.54 bits per heavy atom. The van der Waals surface area contributed by atoms with Crippen molar-refractivity contribution in [1.82, 2.24) is 10.5 Å². The number of nitrogens with zero attached hydrogens (tertiary/aromatic N) is 1. The number of benzene rings is 2. The molecule has 0 saturated heterocycles. The molecule has 1 aromatic heterocycles. The van der Waals surface area contributed by atoms with E-state index in [2.05, 4.69) is 10.5 Å². The molecule has 1 heterocycles. The summed E-state index contributed by atoms with van der Waals surface area (Å²) in [6.07, 6.45) is 0.135. The fourth-order valence-electron chi connectivity index (χ4n) is 2.28. The smallest absolute Gasteiger partial charge is 0.226 e. The number of rotatable bonds is 5. The van der Waals surface area contributed by atoms with Gasteiger partial charge < -0.3 is 9.84 Å². The maximum absolute atomic E-state index is 12.8. The molecule has 0 atom stereocenters. The standard InChI is InChI=1S/C19H17FN2O2/c1-13-2-6-15(7-3-13)18-10-17(22-24-18)11-19(23)21-12-14-4-8-16(20)9-5-14/h2-10H,11-12H2,1H3,(H,21,23). The first kappa shape index (κ1) is 15.9. The van der Waals surface area contributed by atoms with E-state index in [1.807, 2.05) is 31.2 Å². The molecule has 0 fully saturated rings. The van der Waals surface area contributed by atoms with E-state index in [4.69, 9.17) is 4.52 Å². The Morgan fingerprint density at radius 1 is 1.12 bits per heavy atom. The van der Waals surface area contributed by atoms with Crippen LogP contribution < -0.4 is 5.32 Å². The van der Waals surface area contributed by atoms with E-state index >= 15 is 0 Å². The number of nitrogens with one attached hydrogen (secondary N) is 1. The number of aryl methyl sites for hydroxylation is 1. The second kappa shape index (κ2) is 7.08. The lowest BCUT2D eigenvalue weighted by Gasteiger charge is -2.03. The van der Waals surface area contributed by atoms with Crippen molar-refractivity contribution in [2.24, 2.45) is 0 Å². The first-order valence-electron chi connectivity index (χ1n) is 7.64. The predicted molar refractivity (Wildman–Crippen MR) is 88.6 cm³/mol. The molecular formula is C19H17FN2O2. The van der Waals surface area contributed by atoms with Crippen LogP contribution in [0.25, 0.3) is 11.3 Å². The summed E-state index contributed by atoms with van der Waals surface area (Å²) in [5.41, 5.74) is 3.50. The second-order valence-electron chi connectivity index (χ2n) is 5.63. The molecule has 4 nitrogen and oxygen atoms in total. The van der Waals surface area contributed by atoms with E-state index in [9.17, 15) is 9.18 Å². The summed E-state index contributed by atoms with van der Waals surface area (Å²) in [6.45, 7) is 2.36. The van der Waals surface area contributed by atoms with E-state index in [1.165, 1.54) is 17.7 Å². The van der Waals surface area contributed by atoms with Crippen molar-refractivity contribution >= 4 is 5.91 Å². The highest BCUT2D eigenvalue weighted by Crippen LogP contribution is 2.20. The molecule has 3 aromatic rings. The minimum Gasteiger partial charge on any atom is -0.356 e. The van der Waals surface area contributed by atoms with Crippen LogP contribution in [0.4, 0.5) is 4.39 Å². The first-order valence-corrected chi connectivity index (χ1v) is 7.64. The van der Waals surface area contributed by atoms with Gasteiger partial charge in [-0.25, -0.2) is 4.39 Å². The third kappa shape index (κ3) is 4.07. The number of halogens is 1. The van der Waals surface area contributed by atoms with Crippen molar-refractivity contribution < 1.29 is 13.7 Å². The van der Waals surface area contributed by atoms with Crippen LogP contribution in [0.3, 0.4) is 0 Å². The molecule has 0 radical (unpaired) electrons. The maximum atomic E-state index is 12.8. The zero-order valence-corrected chi connectivity index (χ0v) is 13.3. The quantitative estimate of drug-likeness (QED) is 0.779. The van der Waals surface area contributed by atoms with Crippen LogP contribution in [-0.2, 0) is 17.8 Å². The normalized spacial score (nSPS) is 10.6. The van der Waals surface area contributed by atoms with Crippen molar-refractivity contribution in [2.75, 3.05) is 0 Å². The van der Waals surface area contributed by atoms with E-state index in [1.54, 1.807) is 18.2 Å². The second-order valence-corrected chi connectivity index (χ2v) is 5.63. The minimum absolute atomic E-state index is 0.135. The van der Waals surface area contributed by atoms with Crippen molar-refractivity contribution in [2.45, 2.75) is 19.9 Å². The SMILES string of the molecule is Cc1ccc(-c2cc(CC(=O)NCc3ccc(F)cc3)no2)cc1. The van der Waals surface area contributed by atoms with Crippen LogP contribution in [0.5, 0.6) is 0 Å². The van der Waals surface area contributed by atoms with Crippen molar-refractivity contribution in [3.8, 4) is 11.3 Å². The van der Waals surface area contributed by atoms with Gasteiger partial charge in [0.2, 0.25) is 5.91 Å². The zero-order valence-electron chi connectivity index (χ0n) is 13.3. The molecule has 0 bridgehead atoms. The van der Waals surface area contributed by atoms with Crippen molar-refractivity contribution in [1.29, 1.82) is 0 Å². The maximum Gasteiger partial charge on any atom is 0.226 e. The molecule has 3 rings (SSSR count). The number of hydrogen-bond acceptors (Lipinski definition) is 3. The summed E-state index contributed by atoms with van der Waals surface area (Å²) < 4.78 is 18.1. The van der Waals surface area contributed by atoms with Gasteiger partial charge >= 0.3 is 0 Å². The molecule has 0 aliphatic rings. The number of amides is 1. The van der Waals surface area contributed by atoms with Gasteiger partial charge in [-0.05, 0) is 24.6 Å². The van der Waals surface area contributed by atoms with E-state index < -0.39 is 0 Å². The fourth-order valence-corrected chi connectivity index (χ4v) is 2.28. The summed E-state index contributed by atoms with van der Waals surface area (Å²) in [5, 5.41) is 6.72. The van der Waals surface area contributed by atoms with E-state index in [-0.39, 0.29) is 18.1 Å². The monoisotopic (exact) mass is 324 g/mol. The highest BCUT2D eigenvalue weighted by molar-refractivity contribution is 5.78. The lowest BCUT2D eigenvalue weighted by molar-refractivity contribution is -0.120. The Kier molecular flexibility index (Phi) is 4.70. The molecule has 0 aliphatic heterocycles. The number of carbonyl (C=O) groups excluding carboxylic acids is 1. The highest BCUT2D eigenvalue weighted by atomic mass is 19.1. The fraction of sp³-hybridized carbons (Fsp3) is 0.158. The van der Waals surface area contributed by atoms with Crippen LogP contribution in [0.15, 0.2) is 59.1 Å². The third-order valence-electron chi connectivity index (χ3n) is 3.64. The van der Waals surface area contributed by atoms with Gasteiger partial charge in [-0.2, -0.15) is 0 Å². The van der Waals surface area contributed by atoms with Crippen LogP contribution >= 0.6 is 0 Å². The van der Waals surface area contributed by atoms with Gasteiger partial charge in [0, 0.05) is 18.2 Å². The van der Waals surface area contributed by atoms with Gasteiger partial charge in [-0.3, -0.25) is 4.79 Å². The summed E-state index contributed by atoms with van der Waals surface area (Å²) in [4.78, 5) is 12.0. The molecule has 1 N–H and O–H groups in total. The van der Waals surface area contributed by atoms with Crippen LogP contribution in [0, 0.1) is 12.7 Å². The topological polar surface area (TPSA) is 55.1 Å². The molecule has 122 valence electrons. The number of aromatic nitrogens is 1. The largest absolute Gasteiger partial charge is 0.356 e. The zero-order chi connectivity index (χ0) is 16.9. The molecule has 0 spiro atoms. The van der Waals surface area contributed by atoms with Gasteiger partial charge in [0.25, 0.3) is 0 Å². The van der Waals surface area contributed by atoms with Crippen LogP contribution in [0.2, 0.25) is 0 Å². The average Bonchev–Trinajstić information content (AvgIpc) is 3.03. The van der Waals surface area contributed by atoms with E-state index in [0.29, 0.717) is 18.0 Å². The molecule has 0 aliphatic carbocycles. The first-order chi connectivity index (χ1) is 11.6. The summed E-state index contributed by atoms with van der Waals surface area (Å²) >= 11 is 0. The number of hydrogen-bond donors (Lipinski definition) is 1. The van der Waals surface area contributed by atoms with Crippen molar-refractivity contribution in [3.63, 3.8) is 0 Å². The summed E-state index contributed by atoms with van der Waals surface area (Å²) in [7, 11) is 0. The lowest BCUT2D eigenvalue weighted by atomic mass is 10.1. The van der Waals surface area contributed by atoms with Gasteiger partial charge in [-0.1, -0.05) is 47.1 Å². The molecule has 0 saturated carbocycles. The molecule has 1 amide bonds. The van der Waals surface area contributed by atoms with Gasteiger partial charge in [0.05, 0.1) is 12.1 Å². The molecule has 0 unspecified atom stereocenters. The van der Waals surface area contributed by atoms with Gasteiger partial charge in [0.15, 0.2) is 5.76 Å². The summed E-state index contributed by atoms with van der Waals surface area (Å²) in [6, 6.07) is 15.7. The predicted octanol–water partition coefficient (Wildman–Crippen LogP) is 3.65. The summed E-state index contributed by atoms with van der Waals surface area (Å²) in [5.74, 6) is 0.177. The molecule has 5 heteroatoms. The average molecular weight is 324 g/mol. The van der Waals surface area contributed by atoms with Gasteiger partial charge in [0.1, 0.15) is 5.82 Å². The lowest BCUT2D eigenvalue weighted by Crippen LogP contribution is -2.24. The molecular weight excluding hydrogens is 307 g/mol. The van der Waals surface area contributed by atoms with Crippen molar-refractivity contribution in [3.05, 3.63) is 77.2 Å². The molecule has 24 heavy (non-hydrogen) atoms. The Morgan fingerprint density at radius 2 is 1.83 bits per heavy atom. The van der Waals surface area contributed by atoms with Crippen LogP contribution in [0.1, 0.15) is 16.8 Å². The number of carbonyl (C=O) groups is 1. The third-order valence-corrected chi connectivity index (χ3v) is 3.64. The Labute approximate surface area is 139 Å². The minimum atomic E-state index is -0.295. The molecule has 2 aromatic carbocycles. The van der Waals surface area contributed by atoms with Gasteiger partial charge in [-0.15, -0.1) is 0 Å².